The van der Waals surface area contributed by atoms with E-state index >= 15 is 0 Å². The number of nitrogens with one attached hydrogen (secondary N) is 2. The normalized spacial score (nSPS) is 15.0. The van der Waals surface area contributed by atoms with Gasteiger partial charge in [0.2, 0.25) is 0 Å². The van der Waals surface area contributed by atoms with Crippen LogP contribution in [0.2, 0.25) is 10.0 Å². The molecule has 1 saturated heterocycles. The summed E-state index contributed by atoms with van der Waals surface area (Å²) in [6.45, 7) is 1.48. The van der Waals surface area contributed by atoms with E-state index in [2.05, 4.69) is 10.0 Å². The Morgan fingerprint density at radius 2 is 1.57 bits per heavy atom. The fourth-order valence-corrected chi connectivity index (χ4v) is 4.44. The summed E-state index contributed by atoms with van der Waals surface area (Å²) in [7, 11) is -3.84. The van der Waals surface area contributed by atoms with Crippen molar-refractivity contribution >= 4 is 50.6 Å². The lowest BCUT2D eigenvalue weighted by atomic mass is 10.2. The van der Waals surface area contributed by atoms with Crippen molar-refractivity contribution < 1.29 is 13.2 Å². The molecule has 0 saturated carbocycles. The molecule has 6 nitrogen and oxygen atoms in total. The lowest BCUT2D eigenvalue weighted by Gasteiger charge is -2.20. The number of hydrogen-bond acceptors (Lipinski definition) is 3. The number of urea groups is 1. The molecule has 0 aromatic heterocycles. The van der Waals surface area contributed by atoms with Gasteiger partial charge in [-0.05, 0) is 55.3 Å². The lowest BCUT2D eigenvalue weighted by Crippen LogP contribution is -2.35. The molecule has 1 fully saturated rings. The molecule has 1 aliphatic rings. The van der Waals surface area contributed by atoms with Gasteiger partial charge in [0.05, 0.1) is 15.6 Å². The second kappa shape index (κ2) is 9.03. The van der Waals surface area contributed by atoms with Gasteiger partial charge in [-0.1, -0.05) is 36.0 Å². The monoisotopic (exact) mass is 441 g/mol. The Bertz CT molecular complexity index is 941. The van der Waals surface area contributed by atoms with Gasteiger partial charge in [-0.25, -0.2) is 13.2 Å². The zero-order valence-electron chi connectivity index (χ0n) is 15.1. The zero-order valence-corrected chi connectivity index (χ0v) is 17.4. The van der Waals surface area contributed by atoms with Crippen molar-refractivity contribution in [3.8, 4) is 0 Å². The Labute approximate surface area is 174 Å². The average Bonchev–Trinajstić information content (AvgIpc) is 2.94. The molecular formula is C19H21Cl2N3O3S. The van der Waals surface area contributed by atoms with Gasteiger partial charge in [-0.15, -0.1) is 0 Å². The standard InChI is InChI=1S/C19H21Cl2N3O3S/c20-14-5-10-17(21)18(13-14)23-28(26,27)16-8-6-15(7-9-16)22-19(25)24-11-3-1-2-4-12-24/h5-10,13,23H,1-4,11-12H2,(H,22,25). The Balaban J connectivity index is 1.69. The van der Waals surface area contributed by atoms with Crippen LogP contribution in [0.1, 0.15) is 25.7 Å². The van der Waals surface area contributed by atoms with Crippen LogP contribution in [0.5, 0.6) is 0 Å². The maximum absolute atomic E-state index is 12.6. The number of sulfonamides is 1. The number of anilines is 2. The van der Waals surface area contributed by atoms with Gasteiger partial charge in [0.25, 0.3) is 10.0 Å². The Morgan fingerprint density at radius 3 is 2.21 bits per heavy atom. The predicted octanol–water partition coefficient (Wildman–Crippen LogP) is 5.20. The third kappa shape index (κ3) is 5.31. The first-order chi connectivity index (χ1) is 13.3. The highest BCUT2D eigenvalue weighted by atomic mass is 35.5. The molecule has 1 aliphatic heterocycles. The fraction of sp³-hybridized carbons (Fsp3) is 0.316. The Kier molecular flexibility index (Phi) is 6.69. The number of nitrogens with zero attached hydrogens (tertiary/aromatic N) is 1. The number of rotatable bonds is 4. The molecule has 0 atom stereocenters. The minimum Gasteiger partial charge on any atom is -0.325 e. The van der Waals surface area contributed by atoms with Crippen molar-refractivity contribution in [3.05, 3.63) is 52.5 Å². The molecule has 0 radical (unpaired) electrons. The third-order valence-corrected chi connectivity index (χ3v) is 6.43. The van der Waals surface area contributed by atoms with E-state index in [1.165, 1.54) is 24.3 Å². The van der Waals surface area contributed by atoms with Gasteiger partial charge in [-0.2, -0.15) is 0 Å². The van der Waals surface area contributed by atoms with Crippen molar-refractivity contribution in [2.75, 3.05) is 23.1 Å². The number of likely N-dealkylation sites (tertiary alicyclic amines) is 1. The molecule has 0 aliphatic carbocycles. The summed E-state index contributed by atoms with van der Waals surface area (Å²) in [6.07, 6.45) is 4.28. The third-order valence-electron chi connectivity index (χ3n) is 4.48. The quantitative estimate of drug-likeness (QED) is 0.683. The second-order valence-corrected chi connectivity index (χ2v) is 9.11. The van der Waals surface area contributed by atoms with Crippen LogP contribution < -0.4 is 10.0 Å². The molecule has 2 aromatic carbocycles. The molecule has 28 heavy (non-hydrogen) atoms. The molecule has 2 N–H and O–H groups in total. The van der Waals surface area contributed by atoms with Crippen molar-refractivity contribution in [1.29, 1.82) is 0 Å². The van der Waals surface area contributed by atoms with E-state index in [0.717, 1.165) is 38.8 Å². The lowest BCUT2D eigenvalue weighted by molar-refractivity contribution is 0.214. The first-order valence-corrected chi connectivity index (χ1v) is 11.2. The van der Waals surface area contributed by atoms with Crippen molar-refractivity contribution in [2.45, 2.75) is 30.6 Å². The molecule has 2 aromatic rings. The number of amides is 2. The molecule has 0 unspecified atom stereocenters. The summed E-state index contributed by atoms with van der Waals surface area (Å²) in [5, 5.41) is 3.43. The highest BCUT2D eigenvalue weighted by Crippen LogP contribution is 2.28. The van der Waals surface area contributed by atoms with E-state index in [1.807, 2.05) is 0 Å². The molecule has 150 valence electrons. The summed E-state index contributed by atoms with van der Waals surface area (Å²) in [6, 6.07) is 10.3. The first kappa shape index (κ1) is 20.8. The van der Waals surface area contributed by atoms with Crippen LogP contribution in [0.4, 0.5) is 16.2 Å². The van der Waals surface area contributed by atoms with Crippen LogP contribution in [-0.2, 0) is 10.0 Å². The maximum atomic E-state index is 12.6. The number of carbonyl (C=O) groups excluding carboxylic acids is 1. The highest BCUT2D eigenvalue weighted by molar-refractivity contribution is 7.92. The van der Waals surface area contributed by atoms with E-state index in [-0.39, 0.29) is 21.6 Å². The Hall–Kier alpha value is -1.96. The molecule has 3 rings (SSSR count). The molecule has 2 amide bonds. The highest BCUT2D eigenvalue weighted by Gasteiger charge is 2.18. The molecule has 0 spiro atoms. The average molecular weight is 442 g/mol. The smallest absolute Gasteiger partial charge is 0.321 e. The molecule has 0 bridgehead atoms. The molecular weight excluding hydrogens is 421 g/mol. The minimum absolute atomic E-state index is 0.0521. The molecule has 1 heterocycles. The van der Waals surface area contributed by atoms with Crippen molar-refractivity contribution in [3.63, 3.8) is 0 Å². The number of hydrogen-bond donors (Lipinski definition) is 2. The van der Waals surface area contributed by atoms with Crippen LogP contribution in [0.3, 0.4) is 0 Å². The zero-order chi connectivity index (χ0) is 20.1. The summed E-state index contributed by atoms with van der Waals surface area (Å²) >= 11 is 11.9. The van der Waals surface area contributed by atoms with Gasteiger partial charge in [0, 0.05) is 23.8 Å². The fourth-order valence-electron chi connectivity index (χ4n) is 2.97. The van der Waals surface area contributed by atoms with Gasteiger partial charge < -0.3 is 10.2 Å². The number of benzene rings is 2. The van der Waals surface area contributed by atoms with E-state index < -0.39 is 10.0 Å². The van der Waals surface area contributed by atoms with E-state index in [1.54, 1.807) is 23.1 Å². The first-order valence-electron chi connectivity index (χ1n) is 8.99. The van der Waals surface area contributed by atoms with Gasteiger partial charge in [0.15, 0.2) is 0 Å². The van der Waals surface area contributed by atoms with Crippen LogP contribution in [0.25, 0.3) is 0 Å². The van der Waals surface area contributed by atoms with E-state index in [9.17, 15) is 13.2 Å². The minimum atomic E-state index is -3.84. The van der Waals surface area contributed by atoms with Gasteiger partial charge >= 0.3 is 6.03 Å². The topological polar surface area (TPSA) is 78.5 Å². The molecule has 9 heteroatoms. The summed E-state index contributed by atoms with van der Waals surface area (Å²) in [5.41, 5.74) is 0.738. The van der Waals surface area contributed by atoms with Crippen LogP contribution >= 0.6 is 23.2 Å². The number of halogens is 2. The predicted molar refractivity (Wildman–Crippen MR) is 113 cm³/mol. The SMILES string of the molecule is O=C(Nc1ccc(S(=O)(=O)Nc2cc(Cl)ccc2Cl)cc1)N1CCCCCC1. The summed E-state index contributed by atoms with van der Waals surface area (Å²) in [5.74, 6) is 0. The largest absolute Gasteiger partial charge is 0.325 e. The summed E-state index contributed by atoms with van der Waals surface area (Å²) < 4.78 is 27.6. The van der Waals surface area contributed by atoms with Crippen molar-refractivity contribution in [2.24, 2.45) is 0 Å². The number of carbonyl (C=O) groups is 1. The van der Waals surface area contributed by atoms with Crippen LogP contribution in [0, 0.1) is 0 Å². The van der Waals surface area contributed by atoms with Crippen LogP contribution in [0.15, 0.2) is 47.4 Å². The van der Waals surface area contributed by atoms with Crippen LogP contribution in [-0.4, -0.2) is 32.4 Å². The van der Waals surface area contributed by atoms with Gasteiger partial charge in [-0.3, -0.25) is 4.72 Å². The van der Waals surface area contributed by atoms with Gasteiger partial charge in [0.1, 0.15) is 0 Å². The van der Waals surface area contributed by atoms with E-state index in [0.29, 0.717) is 10.7 Å². The van der Waals surface area contributed by atoms with Crippen molar-refractivity contribution in [1.82, 2.24) is 4.90 Å². The second-order valence-electron chi connectivity index (χ2n) is 6.59. The Morgan fingerprint density at radius 1 is 0.929 bits per heavy atom. The van der Waals surface area contributed by atoms with E-state index in [4.69, 9.17) is 23.2 Å². The maximum Gasteiger partial charge on any atom is 0.321 e. The summed E-state index contributed by atoms with van der Waals surface area (Å²) in [4.78, 5) is 14.2.